The minimum Gasteiger partial charge on any atom is -0.330 e. The Bertz CT molecular complexity index is 114. The van der Waals surface area contributed by atoms with Gasteiger partial charge in [0, 0.05) is 6.38 Å². The second kappa shape index (κ2) is 23.4. The van der Waals surface area contributed by atoms with Crippen molar-refractivity contribution in [3.8, 4) is 0 Å². The van der Waals surface area contributed by atoms with Crippen LogP contribution in [0.1, 0.15) is 96.8 Å². The smallest absolute Gasteiger partial charge is 0.0108 e. The van der Waals surface area contributed by atoms with E-state index in [1.54, 1.807) is 0 Å². The third-order valence-electron chi connectivity index (χ3n) is 3.56. The monoisotopic (exact) mass is 291 g/mol. The maximum Gasteiger partial charge on any atom is 0.0108 e. The average molecular weight is 292 g/mol. The van der Waals surface area contributed by atoms with Crippen LogP contribution in [0.2, 0.25) is 0 Å². The molecule has 0 aliphatic heterocycles. The van der Waals surface area contributed by atoms with Gasteiger partial charge in [0.2, 0.25) is 0 Å². The summed E-state index contributed by atoms with van der Waals surface area (Å²) in [6, 6.07) is 0. The molecule has 19 heavy (non-hydrogen) atoms. The summed E-state index contributed by atoms with van der Waals surface area (Å²) < 4.78 is 0. The van der Waals surface area contributed by atoms with Crippen LogP contribution >= 0.6 is 11.6 Å². The van der Waals surface area contributed by atoms with Crippen LogP contribution in [0.25, 0.3) is 0 Å². The molecule has 1 nitrogen and oxygen atoms in total. The van der Waals surface area contributed by atoms with E-state index < -0.39 is 0 Å². The Morgan fingerprint density at radius 3 is 1.05 bits per heavy atom. The molecule has 0 saturated carbocycles. The van der Waals surface area contributed by atoms with Gasteiger partial charge in [0.25, 0.3) is 0 Å². The van der Waals surface area contributed by atoms with Gasteiger partial charge in [-0.15, -0.1) is 11.6 Å². The number of hydrogen-bond donors (Lipinski definition) is 1. The molecule has 0 bridgehead atoms. The van der Waals surface area contributed by atoms with Gasteiger partial charge in [0.15, 0.2) is 0 Å². The van der Waals surface area contributed by atoms with Crippen molar-refractivity contribution in [2.75, 3.05) is 12.9 Å². The standard InChI is InChI=1S/C16H35N.CH3Cl/c1-2-3-4-5-6-7-8-9-10-11-12-13-14-15-16-17;1-2/h2-17H2,1H3;1H3. The maximum atomic E-state index is 5.47. The minimum absolute atomic E-state index is 0.873. The molecule has 0 aromatic carbocycles. The molecule has 0 amide bonds. The number of rotatable bonds is 14. The second-order valence-electron chi connectivity index (χ2n) is 5.38. The third kappa shape index (κ3) is 23.7. The molecule has 0 atom stereocenters. The van der Waals surface area contributed by atoms with Crippen molar-refractivity contribution in [3.63, 3.8) is 0 Å². The summed E-state index contributed by atoms with van der Waals surface area (Å²) >= 11 is 4.64. The van der Waals surface area contributed by atoms with E-state index in [1.165, 1.54) is 96.3 Å². The van der Waals surface area contributed by atoms with Crippen LogP contribution < -0.4 is 5.73 Å². The molecule has 0 aromatic heterocycles. The van der Waals surface area contributed by atoms with Crippen LogP contribution in [0.4, 0.5) is 0 Å². The molecule has 0 saturated heterocycles. The zero-order valence-corrected chi connectivity index (χ0v) is 14.3. The van der Waals surface area contributed by atoms with Crippen molar-refractivity contribution in [2.24, 2.45) is 5.73 Å². The summed E-state index contributed by atoms with van der Waals surface area (Å²) in [7, 11) is 0. The molecule has 2 N–H and O–H groups in total. The maximum absolute atomic E-state index is 5.47. The lowest BCUT2D eigenvalue weighted by atomic mass is 10.0. The summed E-state index contributed by atoms with van der Waals surface area (Å²) in [5.41, 5.74) is 5.47. The molecular weight excluding hydrogens is 254 g/mol. The molecule has 0 fully saturated rings. The van der Waals surface area contributed by atoms with Crippen LogP contribution in [0.3, 0.4) is 0 Å². The quantitative estimate of drug-likeness (QED) is 0.296. The minimum atomic E-state index is 0.873. The van der Waals surface area contributed by atoms with Crippen molar-refractivity contribution in [2.45, 2.75) is 96.8 Å². The Hall–Kier alpha value is 0.250. The first-order valence-corrected chi connectivity index (χ1v) is 9.25. The first-order chi connectivity index (χ1) is 9.41. The van der Waals surface area contributed by atoms with Crippen molar-refractivity contribution < 1.29 is 0 Å². The largest absolute Gasteiger partial charge is 0.330 e. The van der Waals surface area contributed by atoms with E-state index in [9.17, 15) is 0 Å². The molecule has 0 aliphatic carbocycles. The Kier molecular flexibility index (Phi) is 26.5. The van der Waals surface area contributed by atoms with Gasteiger partial charge in [-0.3, -0.25) is 0 Å². The molecule has 0 aromatic rings. The van der Waals surface area contributed by atoms with Crippen molar-refractivity contribution in [1.82, 2.24) is 0 Å². The SMILES string of the molecule is CCCCCCCCCCCCCCCCN.CCl. The van der Waals surface area contributed by atoms with E-state index in [1.807, 2.05) is 0 Å². The van der Waals surface area contributed by atoms with Crippen LogP contribution in [0.5, 0.6) is 0 Å². The number of nitrogens with two attached hydrogens (primary N) is 1. The topological polar surface area (TPSA) is 26.0 Å². The predicted octanol–water partition coefficient (Wildman–Crippen LogP) is 6.28. The van der Waals surface area contributed by atoms with Gasteiger partial charge in [0.1, 0.15) is 0 Å². The van der Waals surface area contributed by atoms with E-state index >= 15 is 0 Å². The fraction of sp³-hybridized carbons (Fsp3) is 1.00. The van der Waals surface area contributed by atoms with E-state index in [0.717, 1.165) is 6.54 Å². The highest BCUT2D eigenvalue weighted by Gasteiger charge is 1.93. The normalized spacial score (nSPS) is 10.1. The first-order valence-electron chi connectivity index (χ1n) is 8.49. The van der Waals surface area contributed by atoms with E-state index in [4.69, 9.17) is 5.73 Å². The summed E-state index contributed by atoms with van der Waals surface area (Å²) in [5.74, 6) is 0. The molecule has 0 heterocycles. The van der Waals surface area contributed by atoms with Gasteiger partial charge in [-0.1, -0.05) is 90.4 Å². The zero-order chi connectivity index (χ0) is 14.6. The molecule has 0 aliphatic rings. The van der Waals surface area contributed by atoms with Gasteiger partial charge < -0.3 is 5.73 Å². The fourth-order valence-electron chi connectivity index (χ4n) is 2.34. The molecule has 0 rings (SSSR count). The van der Waals surface area contributed by atoms with E-state index in [-0.39, 0.29) is 0 Å². The van der Waals surface area contributed by atoms with Gasteiger partial charge in [-0.25, -0.2) is 0 Å². The van der Waals surface area contributed by atoms with Crippen molar-refractivity contribution in [3.05, 3.63) is 0 Å². The van der Waals surface area contributed by atoms with Crippen LogP contribution in [0, 0.1) is 0 Å². The predicted molar refractivity (Wildman–Crippen MR) is 91.1 cm³/mol. The number of unbranched alkanes of at least 4 members (excludes halogenated alkanes) is 13. The molecule has 0 unspecified atom stereocenters. The average Bonchev–Trinajstić information content (AvgIpc) is 2.46. The lowest BCUT2D eigenvalue weighted by Crippen LogP contribution is -1.97. The van der Waals surface area contributed by atoms with Crippen LogP contribution in [0.15, 0.2) is 0 Å². The number of alkyl halides is 1. The first kappa shape index (κ1) is 21.5. The van der Waals surface area contributed by atoms with E-state index in [0.29, 0.717) is 0 Å². The molecule has 118 valence electrons. The second-order valence-corrected chi connectivity index (χ2v) is 5.38. The Morgan fingerprint density at radius 1 is 0.526 bits per heavy atom. The van der Waals surface area contributed by atoms with Gasteiger partial charge in [-0.05, 0) is 13.0 Å². The molecule has 0 radical (unpaired) electrons. The van der Waals surface area contributed by atoms with Gasteiger partial charge >= 0.3 is 0 Å². The van der Waals surface area contributed by atoms with Crippen molar-refractivity contribution in [1.29, 1.82) is 0 Å². The molecule has 0 spiro atoms. The van der Waals surface area contributed by atoms with Gasteiger partial charge in [-0.2, -0.15) is 0 Å². The highest BCUT2D eigenvalue weighted by molar-refractivity contribution is 6.15. The lowest BCUT2D eigenvalue weighted by Gasteiger charge is -2.02. The molecular formula is C17H38ClN. The Balaban J connectivity index is 0. The third-order valence-corrected chi connectivity index (χ3v) is 3.56. The summed E-state index contributed by atoms with van der Waals surface area (Å²) in [5, 5.41) is 0. The number of halogens is 1. The fourth-order valence-corrected chi connectivity index (χ4v) is 2.34. The van der Waals surface area contributed by atoms with E-state index in [2.05, 4.69) is 18.5 Å². The molecule has 2 heteroatoms. The summed E-state index contributed by atoms with van der Waals surface area (Å²) in [4.78, 5) is 0. The Labute approximate surface area is 127 Å². The lowest BCUT2D eigenvalue weighted by molar-refractivity contribution is 0.536. The zero-order valence-electron chi connectivity index (χ0n) is 13.6. The van der Waals surface area contributed by atoms with Crippen molar-refractivity contribution >= 4 is 11.6 Å². The van der Waals surface area contributed by atoms with Crippen LogP contribution in [-0.2, 0) is 0 Å². The Morgan fingerprint density at radius 2 is 0.789 bits per heavy atom. The number of hydrogen-bond acceptors (Lipinski definition) is 1. The van der Waals surface area contributed by atoms with Gasteiger partial charge in [0.05, 0.1) is 0 Å². The summed E-state index contributed by atoms with van der Waals surface area (Å²) in [6.45, 7) is 3.16. The summed E-state index contributed by atoms with van der Waals surface area (Å²) in [6.07, 6.45) is 21.3. The highest BCUT2D eigenvalue weighted by atomic mass is 35.5. The van der Waals surface area contributed by atoms with Crippen LogP contribution in [-0.4, -0.2) is 12.9 Å². The highest BCUT2D eigenvalue weighted by Crippen LogP contribution is 2.12.